The summed E-state index contributed by atoms with van der Waals surface area (Å²) >= 11 is 0. The van der Waals surface area contributed by atoms with Crippen LogP contribution in [0.5, 0.6) is 0 Å². The zero-order chi connectivity index (χ0) is 17.3. The lowest BCUT2D eigenvalue weighted by molar-refractivity contribution is -0.151. The number of likely N-dealkylation sites (tertiary alicyclic amines) is 1. The van der Waals surface area contributed by atoms with Crippen LogP contribution < -0.4 is 0 Å². The summed E-state index contributed by atoms with van der Waals surface area (Å²) < 4.78 is 5.90. The molecule has 1 aromatic rings. The summed E-state index contributed by atoms with van der Waals surface area (Å²) in [5.74, 6) is 1.02. The van der Waals surface area contributed by atoms with Crippen LogP contribution in [0.4, 0.5) is 0 Å². The molecule has 2 fully saturated rings. The third kappa shape index (κ3) is 3.59. The minimum Gasteiger partial charge on any atom is -0.368 e. The summed E-state index contributed by atoms with van der Waals surface area (Å²) in [5, 5.41) is 0. The monoisotopic (exact) mass is 332 g/mol. The van der Waals surface area contributed by atoms with Crippen LogP contribution in [0.1, 0.15) is 43.1 Å². The third-order valence-corrected chi connectivity index (χ3v) is 5.28. The Hall–Kier alpha value is -1.53. The van der Waals surface area contributed by atoms with Crippen molar-refractivity contribution in [1.82, 2.24) is 19.8 Å². The molecule has 132 valence electrons. The first kappa shape index (κ1) is 17.3. The van der Waals surface area contributed by atoms with E-state index in [1.54, 1.807) is 0 Å². The Balaban J connectivity index is 1.72. The number of hydrogen-bond donors (Lipinski definition) is 0. The predicted molar refractivity (Wildman–Crippen MR) is 91.6 cm³/mol. The Morgan fingerprint density at radius 2 is 1.96 bits per heavy atom. The molecule has 0 radical (unpaired) electrons. The molecule has 0 bridgehead atoms. The second-order valence-corrected chi connectivity index (χ2v) is 7.46. The molecule has 6 nitrogen and oxygen atoms in total. The van der Waals surface area contributed by atoms with E-state index in [0.29, 0.717) is 19.7 Å². The van der Waals surface area contributed by atoms with Gasteiger partial charge in [-0.1, -0.05) is 6.92 Å². The van der Waals surface area contributed by atoms with Crippen molar-refractivity contribution in [1.29, 1.82) is 0 Å². The van der Waals surface area contributed by atoms with Gasteiger partial charge in [-0.05, 0) is 52.9 Å². The normalized spacial score (nSPS) is 24.8. The van der Waals surface area contributed by atoms with Crippen LogP contribution in [-0.4, -0.2) is 65.5 Å². The van der Waals surface area contributed by atoms with E-state index in [4.69, 9.17) is 4.74 Å². The number of carbonyl (C=O) groups excluding carboxylic acids is 1. The van der Waals surface area contributed by atoms with Crippen molar-refractivity contribution in [3.63, 3.8) is 0 Å². The highest BCUT2D eigenvalue weighted by atomic mass is 16.5. The number of nitrogens with zero attached hydrogens (tertiary/aromatic N) is 4. The number of carbonyl (C=O) groups is 1. The molecular weight excluding hydrogens is 304 g/mol. The van der Waals surface area contributed by atoms with Gasteiger partial charge in [-0.3, -0.25) is 4.79 Å². The van der Waals surface area contributed by atoms with E-state index in [-0.39, 0.29) is 17.4 Å². The molecule has 1 atom stereocenters. The fourth-order valence-electron chi connectivity index (χ4n) is 3.63. The number of rotatable bonds is 2. The van der Waals surface area contributed by atoms with Crippen LogP contribution in [0.25, 0.3) is 0 Å². The Bertz CT molecular complexity index is 591. The van der Waals surface area contributed by atoms with Crippen LogP contribution in [0, 0.1) is 19.3 Å². The van der Waals surface area contributed by atoms with E-state index in [9.17, 15) is 4.79 Å². The summed E-state index contributed by atoms with van der Waals surface area (Å²) in [6, 6.07) is 1.96. The first-order valence-corrected chi connectivity index (χ1v) is 8.79. The van der Waals surface area contributed by atoms with Crippen LogP contribution in [0.15, 0.2) is 6.07 Å². The highest BCUT2D eigenvalue weighted by Gasteiger charge is 2.40. The first-order chi connectivity index (χ1) is 11.4. The van der Waals surface area contributed by atoms with Crippen LogP contribution >= 0.6 is 0 Å². The maximum absolute atomic E-state index is 13.1. The molecule has 2 aliphatic heterocycles. The molecule has 0 aromatic carbocycles. The average Bonchev–Trinajstić information content (AvgIpc) is 2.56. The highest BCUT2D eigenvalue weighted by Crippen LogP contribution is 2.34. The Labute approximate surface area is 144 Å². The average molecular weight is 332 g/mol. The number of ether oxygens (including phenoxy) is 1. The van der Waals surface area contributed by atoms with Crippen molar-refractivity contribution >= 4 is 5.91 Å². The fourth-order valence-corrected chi connectivity index (χ4v) is 3.63. The van der Waals surface area contributed by atoms with Gasteiger partial charge in [0.1, 0.15) is 11.9 Å². The molecule has 24 heavy (non-hydrogen) atoms. The van der Waals surface area contributed by atoms with Gasteiger partial charge < -0.3 is 14.5 Å². The third-order valence-electron chi connectivity index (χ3n) is 5.28. The molecule has 3 rings (SSSR count). The summed E-state index contributed by atoms with van der Waals surface area (Å²) in [6.45, 7) is 9.76. The van der Waals surface area contributed by atoms with Gasteiger partial charge in [0.15, 0.2) is 0 Å². The van der Waals surface area contributed by atoms with Gasteiger partial charge in [-0.15, -0.1) is 0 Å². The van der Waals surface area contributed by atoms with Gasteiger partial charge in [0, 0.05) is 17.7 Å². The van der Waals surface area contributed by atoms with Gasteiger partial charge in [0.05, 0.1) is 18.8 Å². The summed E-state index contributed by atoms with van der Waals surface area (Å²) in [4.78, 5) is 26.2. The van der Waals surface area contributed by atoms with E-state index in [2.05, 4.69) is 28.8 Å². The zero-order valence-electron chi connectivity index (χ0n) is 15.2. The lowest BCUT2D eigenvalue weighted by Crippen LogP contribution is -2.51. The smallest absolute Gasteiger partial charge is 0.228 e. The number of aryl methyl sites for hydroxylation is 2. The molecule has 1 aromatic heterocycles. The number of amides is 1. The molecule has 0 unspecified atom stereocenters. The number of morpholine rings is 1. The molecule has 0 saturated carbocycles. The molecule has 3 heterocycles. The number of hydrogen-bond acceptors (Lipinski definition) is 5. The Morgan fingerprint density at radius 1 is 1.25 bits per heavy atom. The molecular formula is C18H28N4O2. The molecule has 0 N–H and O–H groups in total. The maximum Gasteiger partial charge on any atom is 0.228 e. The topological polar surface area (TPSA) is 58.6 Å². The van der Waals surface area contributed by atoms with Crippen LogP contribution in [-0.2, 0) is 9.53 Å². The van der Waals surface area contributed by atoms with Crippen LogP contribution in [0.3, 0.4) is 0 Å². The summed E-state index contributed by atoms with van der Waals surface area (Å²) in [6.07, 6.45) is 1.70. The van der Waals surface area contributed by atoms with Crippen molar-refractivity contribution in [2.45, 2.75) is 39.7 Å². The van der Waals surface area contributed by atoms with Crippen molar-refractivity contribution in [3.05, 3.63) is 23.3 Å². The highest BCUT2D eigenvalue weighted by molar-refractivity contribution is 5.82. The zero-order valence-corrected chi connectivity index (χ0v) is 15.2. The fraction of sp³-hybridized carbons (Fsp3) is 0.722. The maximum atomic E-state index is 13.1. The van der Waals surface area contributed by atoms with E-state index < -0.39 is 0 Å². The lowest BCUT2D eigenvalue weighted by Gasteiger charge is -2.42. The van der Waals surface area contributed by atoms with Crippen molar-refractivity contribution in [3.8, 4) is 0 Å². The van der Waals surface area contributed by atoms with Gasteiger partial charge in [-0.2, -0.15) is 0 Å². The molecule has 0 aliphatic carbocycles. The molecule has 1 amide bonds. The largest absolute Gasteiger partial charge is 0.368 e. The minimum atomic E-state index is -0.244. The standard InChI is InChI=1S/C18H28N4O2/c1-13-11-15(20-14(2)19-13)16-12-22(9-10-24-16)17(23)18(3)5-7-21(4)8-6-18/h11,16H,5-10,12H2,1-4H3/t16-/m1/s1. The summed E-state index contributed by atoms with van der Waals surface area (Å²) in [7, 11) is 2.12. The number of piperidine rings is 1. The predicted octanol–water partition coefficient (Wildman–Crippen LogP) is 1.73. The lowest BCUT2D eigenvalue weighted by atomic mass is 9.79. The summed E-state index contributed by atoms with van der Waals surface area (Å²) in [5.41, 5.74) is 1.57. The SMILES string of the molecule is Cc1cc([C@H]2CN(C(=O)C3(C)CCN(C)CC3)CCO2)nc(C)n1. The molecule has 0 spiro atoms. The second-order valence-electron chi connectivity index (χ2n) is 7.46. The van der Waals surface area contributed by atoms with E-state index in [0.717, 1.165) is 43.1 Å². The van der Waals surface area contributed by atoms with Gasteiger partial charge >= 0.3 is 0 Å². The van der Waals surface area contributed by atoms with Gasteiger partial charge in [-0.25, -0.2) is 9.97 Å². The van der Waals surface area contributed by atoms with Crippen molar-refractivity contribution in [2.24, 2.45) is 5.41 Å². The van der Waals surface area contributed by atoms with Gasteiger partial charge in [0.25, 0.3) is 0 Å². The van der Waals surface area contributed by atoms with E-state index in [1.807, 2.05) is 24.8 Å². The quantitative estimate of drug-likeness (QED) is 0.825. The minimum absolute atomic E-state index is 0.155. The van der Waals surface area contributed by atoms with E-state index in [1.165, 1.54) is 0 Å². The number of aromatic nitrogens is 2. The van der Waals surface area contributed by atoms with Crippen LogP contribution in [0.2, 0.25) is 0 Å². The Kier molecular flexibility index (Phi) is 4.88. The van der Waals surface area contributed by atoms with Crippen molar-refractivity contribution < 1.29 is 9.53 Å². The van der Waals surface area contributed by atoms with E-state index >= 15 is 0 Å². The molecule has 2 aliphatic rings. The molecule has 2 saturated heterocycles. The van der Waals surface area contributed by atoms with Crippen molar-refractivity contribution in [2.75, 3.05) is 39.8 Å². The first-order valence-electron chi connectivity index (χ1n) is 8.79. The molecule has 6 heteroatoms. The Morgan fingerprint density at radius 3 is 2.62 bits per heavy atom. The van der Waals surface area contributed by atoms with Gasteiger partial charge in [0.2, 0.25) is 5.91 Å². The second kappa shape index (κ2) is 6.76.